The van der Waals surface area contributed by atoms with Crippen molar-refractivity contribution in [3.63, 3.8) is 0 Å². The minimum Gasteiger partial charge on any atom is -0.493 e. The molecule has 0 bridgehead atoms. The van der Waals surface area contributed by atoms with Crippen LogP contribution in [0.3, 0.4) is 0 Å². The molecule has 3 rings (SSSR count). The molecule has 1 N–H and O–H groups in total. The zero-order valence-corrected chi connectivity index (χ0v) is 18.8. The maximum Gasteiger partial charge on any atom is 0.163 e. The van der Waals surface area contributed by atoms with Crippen molar-refractivity contribution >= 4 is 17.6 Å². The van der Waals surface area contributed by atoms with Crippen LogP contribution in [0.5, 0.6) is 11.5 Å². The van der Waals surface area contributed by atoms with Crippen LogP contribution in [-0.4, -0.2) is 54.2 Å². The number of hydrogen-bond donors (Lipinski definition) is 1. The highest BCUT2D eigenvalue weighted by molar-refractivity contribution is 5.79. The number of aromatic nitrogens is 2. The standard InChI is InChI=1S/C24H33N5O2/c1-19-17-26-29(18-19)20(2)10-11-25-21(3)27-22-8-9-23(30-4)24(16-22)31-15-7-14-28-12-5-6-13-28/h8-11,16-18,27H,3,5-7,12-15H2,1-2,4H3/b20-10+,25-11-. The van der Waals surface area contributed by atoms with Crippen LogP contribution in [0.2, 0.25) is 0 Å². The van der Waals surface area contributed by atoms with E-state index in [9.17, 15) is 0 Å². The summed E-state index contributed by atoms with van der Waals surface area (Å²) in [4.78, 5) is 6.85. The quantitative estimate of drug-likeness (QED) is 0.423. The maximum absolute atomic E-state index is 5.99. The molecular weight excluding hydrogens is 390 g/mol. The summed E-state index contributed by atoms with van der Waals surface area (Å²) >= 11 is 0. The van der Waals surface area contributed by atoms with Crippen molar-refractivity contribution in [3.05, 3.63) is 54.6 Å². The van der Waals surface area contributed by atoms with E-state index in [0.717, 1.165) is 35.7 Å². The summed E-state index contributed by atoms with van der Waals surface area (Å²) in [6.07, 6.45) is 11.0. The van der Waals surface area contributed by atoms with Gasteiger partial charge < -0.3 is 19.7 Å². The van der Waals surface area contributed by atoms with Crippen LogP contribution in [-0.2, 0) is 0 Å². The number of methoxy groups -OCH3 is 1. The van der Waals surface area contributed by atoms with E-state index in [-0.39, 0.29) is 0 Å². The average Bonchev–Trinajstić information content (AvgIpc) is 3.43. The molecule has 31 heavy (non-hydrogen) atoms. The molecule has 0 saturated carbocycles. The molecule has 166 valence electrons. The number of aliphatic imine (C=N–C) groups is 1. The molecule has 0 aliphatic carbocycles. The van der Waals surface area contributed by atoms with E-state index in [1.54, 1.807) is 13.3 Å². The lowest BCUT2D eigenvalue weighted by Gasteiger charge is -2.16. The van der Waals surface area contributed by atoms with Gasteiger partial charge in [-0.1, -0.05) is 6.58 Å². The molecule has 2 heterocycles. The summed E-state index contributed by atoms with van der Waals surface area (Å²) in [5, 5.41) is 7.48. The molecule has 0 radical (unpaired) electrons. The fourth-order valence-electron chi connectivity index (χ4n) is 3.46. The van der Waals surface area contributed by atoms with Crippen LogP contribution in [0.1, 0.15) is 31.7 Å². The molecule has 0 amide bonds. The van der Waals surface area contributed by atoms with Gasteiger partial charge >= 0.3 is 0 Å². The van der Waals surface area contributed by atoms with Crippen LogP contribution in [0.25, 0.3) is 5.70 Å². The van der Waals surface area contributed by atoms with Crippen molar-refractivity contribution < 1.29 is 9.47 Å². The summed E-state index contributed by atoms with van der Waals surface area (Å²) < 4.78 is 13.2. The van der Waals surface area contributed by atoms with Crippen molar-refractivity contribution in [1.29, 1.82) is 0 Å². The van der Waals surface area contributed by atoms with E-state index in [1.807, 2.05) is 55.2 Å². The highest BCUT2D eigenvalue weighted by atomic mass is 16.5. The number of allylic oxidation sites excluding steroid dienone is 2. The first-order valence-electron chi connectivity index (χ1n) is 10.8. The predicted molar refractivity (Wildman–Crippen MR) is 127 cm³/mol. The Morgan fingerprint density at radius 1 is 1.29 bits per heavy atom. The number of hydrogen-bond acceptors (Lipinski definition) is 6. The van der Waals surface area contributed by atoms with Gasteiger partial charge in [-0.05, 0) is 70.0 Å². The summed E-state index contributed by atoms with van der Waals surface area (Å²) in [6, 6.07) is 5.73. The second-order valence-electron chi connectivity index (χ2n) is 7.74. The highest BCUT2D eigenvalue weighted by Crippen LogP contribution is 2.31. The maximum atomic E-state index is 5.99. The van der Waals surface area contributed by atoms with Crippen LogP contribution >= 0.6 is 0 Å². The van der Waals surface area contributed by atoms with Crippen molar-refractivity contribution in [2.45, 2.75) is 33.1 Å². The molecule has 7 heteroatoms. The molecule has 0 unspecified atom stereocenters. The Kier molecular flexibility index (Phi) is 8.29. The van der Waals surface area contributed by atoms with E-state index in [4.69, 9.17) is 9.47 Å². The normalized spacial score (nSPS) is 14.9. The van der Waals surface area contributed by atoms with Gasteiger partial charge in [0, 0.05) is 36.4 Å². The molecule has 1 aromatic carbocycles. The Hall–Kier alpha value is -3.06. The number of ether oxygens (including phenoxy) is 2. The summed E-state index contributed by atoms with van der Waals surface area (Å²) in [6.45, 7) is 12.1. The molecule has 2 aromatic rings. The van der Waals surface area contributed by atoms with E-state index in [1.165, 1.54) is 25.9 Å². The Labute approximate surface area is 185 Å². The zero-order chi connectivity index (χ0) is 22.1. The summed E-state index contributed by atoms with van der Waals surface area (Å²) in [5.74, 6) is 1.97. The monoisotopic (exact) mass is 423 g/mol. The second-order valence-corrected chi connectivity index (χ2v) is 7.74. The number of nitrogens with one attached hydrogen (secondary N) is 1. The van der Waals surface area contributed by atoms with Gasteiger partial charge in [-0.2, -0.15) is 5.10 Å². The van der Waals surface area contributed by atoms with Gasteiger partial charge in [0.25, 0.3) is 0 Å². The third-order valence-electron chi connectivity index (χ3n) is 5.15. The fourth-order valence-corrected chi connectivity index (χ4v) is 3.46. The Balaban J connectivity index is 1.52. The fraction of sp³-hybridized carbons (Fsp3) is 0.417. The van der Waals surface area contributed by atoms with Gasteiger partial charge in [0.1, 0.15) is 5.82 Å². The Morgan fingerprint density at radius 3 is 2.81 bits per heavy atom. The van der Waals surface area contributed by atoms with Gasteiger partial charge in [0.15, 0.2) is 11.5 Å². The van der Waals surface area contributed by atoms with Gasteiger partial charge in [-0.25, -0.2) is 9.67 Å². The van der Waals surface area contributed by atoms with Crippen molar-refractivity contribution in [2.24, 2.45) is 4.99 Å². The lowest BCUT2D eigenvalue weighted by Crippen LogP contribution is -2.21. The Morgan fingerprint density at radius 2 is 2.10 bits per heavy atom. The third kappa shape index (κ3) is 7.00. The van der Waals surface area contributed by atoms with E-state index >= 15 is 0 Å². The molecule has 0 atom stereocenters. The topological polar surface area (TPSA) is 63.9 Å². The van der Waals surface area contributed by atoms with Crippen molar-refractivity contribution in [2.75, 3.05) is 38.7 Å². The first-order chi connectivity index (χ1) is 15.0. The third-order valence-corrected chi connectivity index (χ3v) is 5.15. The number of nitrogens with zero attached hydrogens (tertiary/aromatic N) is 4. The first kappa shape index (κ1) is 22.6. The minimum absolute atomic E-state index is 0.533. The molecular formula is C24H33N5O2. The van der Waals surface area contributed by atoms with Gasteiger partial charge in [0.2, 0.25) is 0 Å². The van der Waals surface area contributed by atoms with Gasteiger partial charge in [-0.15, -0.1) is 0 Å². The van der Waals surface area contributed by atoms with Gasteiger partial charge in [0.05, 0.1) is 19.9 Å². The van der Waals surface area contributed by atoms with E-state index < -0.39 is 0 Å². The number of benzene rings is 1. The van der Waals surface area contributed by atoms with Crippen LogP contribution in [0.15, 0.2) is 54.1 Å². The molecule has 0 spiro atoms. The Bertz CT molecular complexity index is 926. The lowest BCUT2D eigenvalue weighted by atomic mass is 10.2. The number of aryl methyl sites for hydroxylation is 1. The lowest BCUT2D eigenvalue weighted by molar-refractivity contribution is 0.254. The van der Waals surface area contributed by atoms with Gasteiger partial charge in [-0.3, -0.25) is 0 Å². The molecule has 1 saturated heterocycles. The number of likely N-dealkylation sites (tertiary alicyclic amines) is 1. The second kappa shape index (κ2) is 11.4. The largest absolute Gasteiger partial charge is 0.493 e. The highest BCUT2D eigenvalue weighted by Gasteiger charge is 2.11. The molecule has 1 aliphatic rings. The minimum atomic E-state index is 0.533. The molecule has 1 aromatic heterocycles. The smallest absolute Gasteiger partial charge is 0.163 e. The van der Waals surface area contributed by atoms with Crippen molar-refractivity contribution in [3.8, 4) is 11.5 Å². The first-order valence-corrected chi connectivity index (χ1v) is 10.8. The molecule has 1 aliphatic heterocycles. The summed E-state index contributed by atoms with van der Waals surface area (Å²) in [5.41, 5.74) is 2.93. The van der Waals surface area contributed by atoms with E-state index in [0.29, 0.717) is 18.2 Å². The van der Waals surface area contributed by atoms with E-state index in [2.05, 4.69) is 26.9 Å². The summed E-state index contributed by atoms with van der Waals surface area (Å²) in [7, 11) is 1.65. The van der Waals surface area contributed by atoms with Crippen LogP contribution in [0.4, 0.5) is 5.69 Å². The number of rotatable bonds is 11. The predicted octanol–water partition coefficient (Wildman–Crippen LogP) is 4.58. The SMILES string of the molecule is C=C(/N=C\C=C(/C)n1cc(C)cn1)Nc1ccc(OC)c(OCCCN2CCCC2)c1. The number of anilines is 1. The van der Waals surface area contributed by atoms with Crippen LogP contribution in [0, 0.1) is 6.92 Å². The molecule has 1 fully saturated rings. The zero-order valence-electron chi connectivity index (χ0n) is 18.8. The van der Waals surface area contributed by atoms with Crippen LogP contribution < -0.4 is 14.8 Å². The van der Waals surface area contributed by atoms with Crippen molar-refractivity contribution in [1.82, 2.24) is 14.7 Å². The molecule has 7 nitrogen and oxygen atoms in total. The average molecular weight is 424 g/mol.